The Balaban J connectivity index is 1.02. The number of aliphatic imine (C=N–C) groups is 1. The van der Waals surface area contributed by atoms with E-state index in [0.717, 1.165) is 96.8 Å². The molecule has 1 aliphatic rings. The third-order valence-corrected chi connectivity index (χ3v) is 11.3. The molecular weight excluding hydrogens is 727 g/mol. The normalized spacial score (nSPS) is 12.2. The van der Waals surface area contributed by atoms with E-state index in [1.54, 1.807) is 0 Å². The minimum Gasteiger partial charge on any atom is -0.261 e. The molecule has 3 heterocycles. The highest BCUT2D eigenvalue weighted by Crippen LogP contribution is 2.37. The van der Waals surface area contributed by atoms with Crippen molar-refractivity contribution in [1.82, 2.24) is 9.97 Å². The molecule has 0 N–H and O–H groups in total. The zero-order valence-electron chi connectivity index (χ0n) is 33.1. The highest BCUT2D eigenvalue weighted by Gasteiger charge is 2.15. The smallest absolute Gasteiger partial charge is 0.0715 e. The van der Waals surface area contributed by atoms with E-state index in [1.165, 1.54) is 16.7 Å². The average Bonchev–Trinajstić information content (AvgIpc) is 3.35. The van der Waals surface area contributed by atoms with Gasteiger partial charge in [0.25, 0.3) is 0 Å². The quantitative estimate of drug-likeness (QED) is 0.147. The standard InChI is InChI=1S/C57H41N3/c1-2-16-40(17-3-1)49-38-56(47-24-14-20-43(36-47)41-18-12-22-45(34-41)50-26-4-6-28-52(50)54-30-8-10-32-58-54)60-57(39-49)48-25-15-21-44(37-48)42-19-13-23-46(35-42)51-27-5-7-29-53(51)55-31-9-11-33-59-55/h1-8,10-30,32-39H,9,31H2. The van der Waals surface area contributed by atoms with E-state index < -0.39 is 0 Å². The van der Waals surface area contributed by atoms with Crippen molar-refractivity contribution in [3.8, 4) is 89.4 Å². The molecule has 284 valence electrons. The van der Waals surface area contributed by atoms with Gasteiger partial charge in [0.1, 0.15) is 0 Å². The van der Waals surface area contributed by atoms with Gasteiger partial charge in [0.2, 0.25) is 0 Å². The summed E-state index contributed by atoms with van der Waals surface area (Å²) in [5, 5.41) is 0. The van der Waals surface area contributed by atoms with E-state index in [9.17, 15) is 0 Å². The number of nitrogens with zero attached hydrogens (tertiary/aromatic N) is 3. The van der Waals surface area contributed by atoms with Gasteiger partial charge in [-0.3, -0.25) is 9.98 Å². The Morgan fingerprint density at radius 1 is 0.317 bits per heavy atom. The number of allylic oxidation sites excluding steroid dienone is 1. The molecule has 0 bridgehead atoms. The lowest BCUT2D eigenvalue weighted by Crippen LogP contribution is -2.04. The molecular formula is C57H41N3. The second kappa shape index (κ2) is 16.6. The second-order valence-electron chi connectivity index (χ2n) is 15.1. The van der Waals surface area contributed by atoms with Gasteiger partial charge in [-0.1, -0.05) is 164 Å². The van der Waals surface area contributed by atoms with Crippen LogP contribution < -0.4 is 0 Å². The predicted octanol–water partition coefficient (Wildman–Crippen LogP) is 14.9. The lowest BCUT2D eigenvalue weighted by atomic mass is 9.91. The monoisotopic (exact) mass is 767 g/mol. The zero-order chi connectivity index (χ0) is 40.1. The third-order valence-electron chi connectivity index (χ3n) is 11.3. The van der Waals surface area contributed by atoms with Gasteiger partial charge >= 0.3 is 0 Å². The Morgan fingerprint density at radius 3 is 1.33 bits per heavy atom. The van der Waals surface area contributed by atoms with Gasteiger partial charge in [0.15, 0.2) is 0 Å². The maximum atomic E-state index is 5.38. The minimum absolute atomic E-state index is 0.925. The molecule has 7 aromatic carbocycles. The number of benzene rings is 7. The van der Waals surface area contributed by atoms with E-state index in [0.29, 0.717) is 0 Å². The molecule has 3 heteroatoms. The van der Waals surface area contributed by atoms with Crippen molar-refractivity contribution in [3.63, 3.8) is 0 Å². The summed E-state index contributed by atoms with van der Waals surface area (Å²) in [5.74, 6) is 0. The minimum atomic E-state index is 0.925. The Morgan fingerprint density at radius 2 is 0.783 bits per heavy atom. The summed E-state index contributed by atoms with van der Waals surface area (Å²) in [4.78, 5) is 14.8. The van der Waals surface area contributed by atoms with Gasteiger partial charge in [-0.15, -0.1) is 0 Å². The molecule has 0 aliphatic carbocycles. The van der Waals surface area contributed by atoms with Gasteiger partial charge in [-0.25, -0.2) is 4.98 Å². The Labute approximate surface area is 351 Å². The lowest BCUT2D eigenvalue weighted by Gasteiger charge is -2.15. The van der Waals surface area contributed by atoms with Crippen LogP contribution in [0.4, 0.5) is 0 Å². The van der Waals surface area contributed by atoms with Crippen LogP contribution in [0.3, 0.4) is 0 Å². The fourth-order valence-electron chi connectivity index (χ4n) is 8.25. The van der Waals surface area contributed by atoms with E-state index in [4.69, 9.17) is 9.98 Å². The van der Waals surface area contributed by atoms with Gasteiger partial charge in [0, 0.05) is 40.4 Å². The van der Waals surface area contributed by atoms with Crippen molar-refractivity contribution in [2.24, 2.45) is 4.99 Å². The molecule has 0 fully saturated rings. The number of hydrogen-bond donors (Lipinski definition) is 0. The zero-order valence-corrected chi connectivity index (χ0v) is 33.1. The van der Waals surface area contributed by atoms with Crippen LogP contribution in [0.1, 0.15) is 18.4 Å². The van der Waals surface area contributed by atoms with Crippen molar-refractivity contribution in [1.29, 1.82) is 0 Å². The maximum absolute atomic E-state index is 5.38. The number of rotatable bonds is 9. The molecule has 2 aromatic heterocycles. The highest BCUT2D eigenvalue weighted by atomic mass is 14.7. The van der Waals surface area contributed by atoms with Crippen molar-refractivity contribution in [3.05, 3.63) is 230 Å². The third kappa shape index (κ3) is 7.65. The first-order valence-electron chi connectivity index (χ1n) is 20.6. The molecule has 1 aliphatic heterocycles. The van der Waals surface area contributed by atoms with Gasteiger partial charge < -0.3 is 0 Å². The van der Waals surface area contributed by atoms with E-state index in [2.05, 4.69) is 205 Å². The molecule has 0 amide bonds. The van der Waals surface area contributed by atoms with Crippen LogP contribution in [0.15, 0.2) is 230 Å². The van der Waals surface area contributed by atoms with Crippen molar-refractivity contribution >= 4 is 5.71 Å². The first-order valence-corrected chi connectivity index (χ1v) is 20.6. The first-order chi connectivity index (χ1) is 29.7. The Kier molecular flexibility index (Phi) is 10.1. The van der Waals surface area contributed by atoms with Gasteiger partial charge in [-0.2, -0.15) is 0 Å². The van der Waals surface area contributed by atoms with Crippen molar-refractivity contribution in [2.75, 3.05) is 0 Å². The number of hydrogen-bond acceptors (Lipinski definition) is 3. The van der Waals surface area contributed by atoms with Crippen LogP contribution in [0.25, 0.3) is 89.4 Å². The largest absolute Gasteiger partial charge is 0.261 e. The van der Waals surface area contributed by atoms with Crippen LogP contribution >= 0.6 is 0 Å². The van der Waals surface area contributed by atoms with Crippen LogP contribution in [0, 0.1) is 0 Å². The van der Waals surface area contributed by atoms with Gasteiger partial charge in [-0.05, 0) is 117 Å². The Bertz CT molecular complexity index is 3030. The summed E-state index contributed by atoms with van der Waals surface area (Å²) in [6, 6.07) is 73.4. The topological polar surface area (TPSA) is 38.1 Å². The summed E-state index contributed by atoms with van der Waals surface area (Å²) in [6.45, 7) is 0. The molecule has 0 saturated heterocycles. The van der Waals surface area contributed by atoms with Gasteiger partial charge in [0.05, 0.1) is 17.1 Å². The number of pyridine rings is 2. The average molecular weight is 768 g/mol. The predicted molar refractivity (Wildman–Crippen MR) is 250 cm³/mol. The Hall–Kier alpha value is -7.75. The van der Waals surface area contributed by atoms with Crippen LogP contribution in [0.2, 0.25) is 0 Å². The maximum Gasteiger partial charge on any atom is 0.0715 e. The molecule has 0 unspecified atom stereocenters. The SMILES string of the molecule is C1=CN=C(c2ccccc2-c2cccc(-c3cccc(-c4cc(-c5ccccc5)cc(-c5cccc(-c6cccc(-c7ccccc7-c7ccccn7)c6)c5)n4)c3)c2)CC1. The molecule has 0 radical (unpaired) electrons. The molecule has 0 saturated carbocycles. The van der Waals surface area contributed by atoms with Crippen LogP contribution in [0.5, 0.6) is 0 Å². The molecule has 0 atom stereocenters. The van der Waals surface area contributed by atoms with Crippen LogP contribution in [-0.2, 0) is 0 Å². The van der Waals surface area contributed by atoms with E-state index >= 15 is 0 Å². The molecule has 60 heavy (non-hydrogen) atoms. The molecule has 9 aromatic rings. The first kappa shape index (κ1) is 36.6. The summed E-state index contributed by atoms with van der Waals surface area (Å²) >= 11 is 0. The van der Waals surface area contributed by atoms with Crippen LogP contribution in [-0.4, -0.2) is 15.7 Å². The molecule has 10 rings (SSSR count). The van der Waals surface area contributed by atoms with Crippen molar-refractivity contribution < 1.29 is 0 Å². The van der Waals surface area contributed by atoms with E-state index in [1.807, 2.05) is 24.5 Å². The summed E-state index contributed by atoms with van der Waals surface area (Å²) < 4.78 is 0. The number of aromatic nitrogens is 2. The second-order valence-corrected chi connectivity index (χ2v) is 15.1. The fraction of sp³-hybridized carbons (Fsp3) is 0.0351. The summed E-state index contributed by atoms with van der Waals surface area (Å²) in [5.41, 5.74) is 19.9. The highest BCUT2D eigenvalue weighted by molar-refractivity contribution is 6.06. The summed E-state index contributed by atoms with van der Waals surface area (Å²) in [6.07, 6.45) is 7.89. The van der Waals surface area contributed by atoms with Crippen molar-refractivity contribution in [2.45, 2.75) is 12.8 Å². The molecule has 3 nitrogen and oxygen atoms in total. The molecule has 0 spiro atoms. The lowest BCUT2D eigenvalue weighted by molar-refractivity contribution is 1.06. The van der Waals surface area contributed by atoms with E-state index in [-0.39, 0.29) is 0 Å². The summed E-state index contributed by atoms with van der Waals surface area (Å²) in [7, 11) is 0. The fourth-order valence-corrected chi connectivity index (χ4v) is 8.25.